The van der Waals surface area contributed by atoms with Gasteiger partial charge in [-0.2, -0.15) is 5.10 Å². The third-order valence-corrected chi connectivity index (χ3v) is 4.23. The molecule has 0 aliphatic rings. The lowest BCUT2D eigenvalue weighted by atomic mass is 9.93. The van der Waals surface area contributed by atoms with Crippen molar-refractivity contribution in [1.29, 1.82) is 0 Å². The van der Waals surface area contributed by atoms with Gasteiger partial charge < -0.3 is 15.5 Å². The first-order chi connectivity index (χ1) is 13.2. The number of likely N-dealkylation sites (N-methyl/N-ethyl adjacent to an activating group) is 2. The molecule has 1 aromatic carbocycles. The number of rotatable bonds is 6. The summed E-state index contributed by atoms with van der Waals surface area (Å²) >= 11 is 0. The van der Waals surface area contributed by atoms with E-state index in [0.717, 1.165) is 11.4 Å². The van der Waals surface area contributed by atoms with Crippen LogP contribution in [-0.2, 0) is 15.0 Å². The van der Waals surface area contributed by atoms with Gasteiger partial charge in [-0.1, -0.05) is 26.8 Å². The fourth-order valence-electron chi connectivity index (χ4n) is 2.54. The third-order valence-electron chi connectivity index (χ3n) is 4.23. The lowest BCUT2D eigenvalue weighted by Gasteiger charge is -2.21. The first-order valence-corrected chi connectivity index (χ1v) is 9.02. The van der Waals surface area contributed by atoms with E-state index >= 15 is 0 Å². The molecule has 3 amide bonds. The van der Waals surface area contributed by atoms with Crippen molar-refractivity contribution in [2.45, 2.75) is 26.2 Å². The Morgan fingerprint density at radius 3 is 2.14 bits per heavy atom. The minimum absolute atomic E-state index is 0.0868. The summed E-state index contributed by atoms with van der Waals surface area (Å²) in [7, 11) is 2.96. The molecule has 1 aromatic heterocycles. The van der Waals surface area contributed by atoms with Crippen LogP contribution in [0.5, 0.6) is 0 Å². The average Bonchev–Trinajstić information content (AvgIpc) is 3.17. The van der Waals surface area contributed by atoms with Gasteiger partial charge in [0.25, 0.3) is 5.91 Å². The zero-order valence-electron chi connectivity index (χ0n) is 16.9. The second-order valence-corrected chi connectivity index (χ2v) is 7.45. The molecule has 0 saturated carbocycles. The SMILES string of the molecule is CNC(=O)CN(CC(=O)NC)C(=O)c1cccc(-n2ccc(C(C)(C)C)n2)c1. The van der Waals surface area contributed by atoms with Crippen molar-refractivity contribution in [2.75, 3.05) is 27.2 Å². The Labute approximate surface area is 164 Å². The van der Waals surface area contributed by atoms with Crippen LogP contribution >= 0.6 is 0 Å². The molecule has 0 atom stereocenters. The highest BCUT2D eigenvalue weighted by Crippen LogP contribution is 2.21. The smallest absolute Gasteiger partial charge is 0.254 e. The quantitative estimate of drug-likeness (QED) is 0.778. The lowest BCUT2D eigenvalue weighted by molar-refractivity contribution is -0.123. The molecular weight excluding hydrogens is 358 g/mol. The van der Waals surface area contributed by atoms with Gasteiger partial charge in [0.1, 0.15) is 13.1 Å². The van der Waals surface area contributed by atoms with Crippen molar-refractivity contribution < 1.29 is 14.4 Å². The predicted molar refractivity (Wildman–Crippen MR) is 106 cm³/mol. The molecule has 0 radical (unpaired) electrons. The topological polar surface area (TPSA) is 96.3 Å². The van der Waals surface area contributed by atoms with Gasteiger partial charge in [0.05, 0.1) is 11.4 Å². The van der Waals surface area contributed by atoms with Crippen molar-refractivity contribution in [3.63, 3.8) is 0 Å². The highest BCUT2D eigenvalue weighted by atomic mass is 16.2. The summed E-state index contributed by atoms with van der Waals surface area (Å²) in [5.74, 6) is -1.11. The molecule has 28 heavy (non-hydrogen) atoms. The molecule has 1 heterocycles. The Morgan fingerprint density at radius 1 is 1.04 bits per heavy atom. The normalized spacial score (nSPS) is 11.0. The van der Waals surface area contributed by atoms with Crippen LogP contribution in [0.2, 0.25) is 0 Å². The van der Waals surface area contributed by atoms with Crippen molar-refractivity contribution in [2.24, 2.45) is 0 Å². The predicted octanol–water partition coefficient (Wildman–Crippen LogP) is 1.10. The second kappa shape index (κ2) is 8.69. The zero-order valence-corrected chi connectivity index (χ0v) is 16.9. The van der Waals surface area contributed by atoms with E-state index in [4.69, 9.17) is 0 Å². The van der Waals surface area contributed by atoms with Crippen LogP contribution in [-0.4, -0.2) is 59.6 Å². The number of nitrogens with one attached hydrogen (secondary N) is 2. The Balaban J connectivity index is 2.31. The zero-order chi connectivity index (χ0) is 20.9. The Bertz CT molecular complexity index is 849. The molecule has 8 heteroatoms. The summed E-state index contributed by atoms with van der Waals surface area (Å²) < 4.78 is 1.71. The first kappa shape index (κ1) is 21.1. The van der Waals surface area contributed by atoms with E-state index in [1.165, 1.54) is 19.0 Å². The number of hydrogen-bond acceptors (Lipinski definition) is 4. The summed E-state index contributed by atoms with van der Waals surface area (Å²) in [4.78, 5) is 37.7. The molecular formula is C20H27N5O3. The number of benzene rings is 1. The molecule has 0 saturated heterocycles. The van der Waals surface area contributed by atoms with E-state index in [0.29, 0.717) is 5.56 Å². The van der Waals surface area contributed by atoms with Crippen LogP contribution in [0.3, 0.4) is 0 Å². The minimum Gasteiger partial charge on any atom is -0.358 e. The van der Waals surface area contributed by atoms with E-state index in [2.05, 4.69) is 36.5 Å². The van der Waals surface area contributed by atoms with Gasteiger partial charge in [-0.05, 0) is 24.3 Å². The van der Waals surface area contributed by atoms with Crippen LogP contribution < -0.4 is 10.6 Å². The van der Waals surface area contributed by atoms with Gasteiger partial charge in [0.2, 0.25) is 11.8 Å². The fraction of sp³-hybridized carbons (Fsp3) is 0.400. The lowest BCUT2D eigenvalue weighted by Crippen LogP contribution is -2.44. The number of carbonyl (C=O) groups is 3. The summed E-state index contributed by atoms with van der Waals surface area (Å²) in [5, 5.41) is 9.52. The van der Waals surface area contributed by atoms with Crippen LogP contribution in [0.25, 0.3) is 5.69 Å². The number of aromatic nitrogens is 2. The molecule has 0 aliphatic heterocycles. The third kappa shape index (κ3) is 5.18. The molecule has 0 aliphatic carbocycles. The standard InChI is InChI=1S/C20H27N5O3/c1-20(2,3)16-9-10-25(23-16)15-8-6-7-14(11-15)19(28)24(12-17(26)21-4)13-18(27)22-5/h6-11H,12-13H2,1-5H3,(H,21,26)(H,22,27). The Kier molecular flexibility index (Phi) is 6.56. The average molecular weight is 385 g/mol. The van der Waals surface area contributed by atoms with Crippen molar-refractivity contribution in [3.05, 3.63) is 47.8 Å². The van der Waals surface area contributed by atoms with E-state index in [-0.39, 0.29) is 30.3 Å². The van der Waals surface area contributed by atoms with Gasteiger partial charge in [-0.25, -0.2) is 4.68 Å². The second-order valence-electron chi connectivity index (χ2n) is 7.45. The maximum Gasteiger partial charge on any atom is 0.254 e. The van der Waals surface area contributed by atoms with Crippen LogP contribution in [0.4, 0.5) is 0 Å². The summed E-state index contributed by atoms with van der Waals surface area (Å²) in [5.41, 5.74) is 1.95. The summed E-state index contributed by atoms with van der Waals surface area (Å²) in [6.07, 6.45) is 1.84. The van der Waals surface area contributed by atoms with Gasteiger partial charge >= 0.3 is 0 Å². The molecule has 2 N–H and O–H groups in total. The fourth-order valence-corrected chi connectivity index (χ4v) is 2.54. The first-order valence-electron chi connectivity index (χ1n) is 9.02. The maximum absolute atomic E-state index is 12.9. The molecule has 8 nitrogen and oxygen atoms in total. The van der Waals surface area contributed by atoms with E-state index in [1.54, 1.807) is 22.9 Å². The van der Waals surface area contributed by atoms with Crippen molar-refractivity contribution >= 4 is 17.7 Å². The van der Waals surface area contributed by atoms with E-state index in [1.807, 2.05) is 18.3 Å². The molecule has 0 fully saturated rings. The van der Waals surface area contributed by atoms with Crippen molar-refractivity contribution in [3.8, 4) is 5.69 Å². The van der Waals surface area contributed by atoms with Crippen LogP contribution in [0, 0.1) is 0 Å². The number of hydrogen-bond donors (Lipinski definition) is 2. The summed E-state index contributed by atoms with van der Waals surface area (Å²) in [6, 6.07) is 8.89. The number of carbonyl (C=O) groups excluding carboxylic acids is 3. The van der Waals surface area contributed by atoms with E-state index in [9.17, 15) is 14.4 Å². The van der Waals surface area contributed by atoms with Gasteiger partial charge in [-0.3, -0.25) is 14.4 Å². The van der Waals surface area contributed by atoms with Gasteiger partial charge in [0.15, 0.2) is 0 Å². The molecule has 2 aromatic rings. The molecule has 0 bridgehead atoms. The van der Waals surface area contributed by atoms with Crippen LogP contribution in [0.15, 0.2) is 36.5 Å². The van der Waals surface area contributed by atoms with Gasteiger partial charge in [0, 0.05) is 31.3 Å². The summed E-state index contributed by atoms with van der Waals surface area (Å²) in [6.45, 7) is 5.82. The molecule has 2 rings (SSSR count). The molecule has 0 spiro atoms. The molecule has 0 unspecified atom stereocenters. The largest absolute Gasteiger partial charge is 0.358 e. The van der Waals surface area contributed by atoms with Crippen LogP contribution in [0.1, 0.15) is 36.8 Å². The highest BCUT2D eigenvalue weighted by Gasteiger charge is 2.22. The number of nitrogens with zero attached hydrogens (tertiary/aromatic N) is 3. The Morgan fingerprint density at radius 2 is 1.64 bits per heavy atom. The monoisotopic (exact) mass is 385 g/mol. The number of amides is 3. The highest BCUT2D eigenvalue weighted by molar-refractivity contribution is 5.99. The van der Waals surface area contributed by atoms with E-state index < -0.39 is 5.91 Å². The maximum atomic E-state index is 12.9. The van der Waals surface area contributed by atoms with Gasteiger partial charge in [-0.15, -0.1) is 0 Å². The van der Waals surface area contributed by atoms with Crippen molar-refractivity contribution in [1.82, 2.24) is 25.3 Å². The molecule has 150 valence electrons. The Hall–Kier alpha value is -3.16. The minimum atomic E-state index is -0.405.